The van der Waals surface area contributed by atoms with Gasteiger partial charge in [0.15, 0.2) is 0 Å². The van der Waals surface area contributed by atoms with Gasteiger partial charge in [-0.3, -0.25) is 20.0 Å². The SMILES string of the molecule is CC(C)(C)c1ccc(N=Cc2cc(-c3nnc(-c4ccnc(C=Nc5ccc(C(C)(C)C)cc5)c4)nn3)ccn2)cc1. The number of aromatic nitrogens is 6. The molecule has 5 rings (SSSR count). The first-order chi connectivity index (χ1) is 20.0. The summed E-state index contributed by atoms with van der Waals surface area (Å²) in [6, 6.07) is 23.8. The normalized spacial score (nSPS) is 12.3. The van der Waals surface area contributed by atoms with Crippen LogP contribution in [0.1, 0.15) is 64.1 Å². The molecule has 3 aromatic heterocycles. The molecule has 0 bridgehead atoms. The maximum absolute atomic E-state index is 4.57. The van der Waals surface area contributed by atoms with Crippen molar-refractivity contribution in [3.05, 3.63) is 108 Å². The molecule has 0 amide bonds. The Bertz CT molecular complexity index is 1580. The van der Waals surface area contributed by atoms with Crippen molar-refractivity contribution in [2.24, 2.45) is 9.98 Å². The van der Waals surface area contributed by atoms with Crippen molar-refractivity contribution in [1.29, 1.82) is 0 Å². The van der Waals surface area contributed by atoms with Crippen molar-refractivity contribution in [2.45, 2.75) is 52.4 Å². The van der Waals surface area contributed by atoms with Crippen LogP contribution < -0.4 is 0 Å². The summed E-state index contributed by atoms with van der Waals surface area (Å²) in [5, 5.41) is 17.3. The Balaban J connectivity index is 1.28. The fourth-order valence-corrected chi connectivity index (χ4v) is 4.15. The second-order valence-electron chi connectivity index (χ2n) is 12.1. The standard InChI is InChI=1S/C34H34N8/c1-33(2,3)25-7-11-27(12-8-25)37-21-29-19-23(15-17-35-29)31-39-41-32(42-40-31)24-16-18-36-30(20-24)22-38-28-13-9-26(10-14-28)34(4,5)6/h7-22H,1-6H3. The summed E-state index contributed by atoms with van der Waals surface area (Å²) in [6.45, 7) is 13.1. The quantitative estimate of drug-likeness (QED) is 0.202. The minimum atomic E-state index is 0.100. The van der Waals surface area contributed by atoms with Crippen LogP contribution in [0.5, 0.6) is 0 Å². The average Bonchev–Trinajstić information content (AvgIpc) is 2.99. The van der Waals surface area contributed by atoms with Crippen molar-refractivity contribution in [1.82, 2.24) is 30.4 Å². The highest BCUT2D eigenvalue weighted by molar-refractivity contribution is 5.82. The Hall–Kier alpha value is -4.98. The third kappa shape index (κ3) is 7.20. The Morgan fingerprint density at radius 2 is 0.857 bits per heavy atom. The van der Waals surface area contributed by atoms with Gasteiger partial charge in [0.25, 0.3) is 0 Å². The van der Waals surface area contributed by atoms with Crippen molar-refractivity contribution in [3.8, 4) is 22.8 Å². The first-order valence-corrected chi connectivity index (χ1v) is 13.8. The zero-order chi connectivity index (χ0) is 29.7. The smallest absolute Gasteiger partial charge is 0.203 e. The fourth-order valence-electron chi connectivity index (χ4n) is 4.15. The van der Waals surface area contributed by atoms with Gasteiger partial charge in [0.2, 0.25) is 11.6 Å². The zero-order valence-corrected chi connectivity index (χ0v) is 24.8. The van der Waals surface area contributed by atoms with E-state index in [4.69, 9.17) is 0 Å². The predicted molar refractivity (Wildman–Crippen MR) is 169 cm³/mol. The molecule has 0 fully saturated rings. The summed E-state index contributed by atoms with van der Waals surface area (Å²) in [5.41, 5.74) is 7.32. The molecule has 0 saturated heterocycles. The van der Waals surface area contributed by atoms with E-state index in [-0.39, 0.29) is 10.8 Å². The van der Waals surface area contributed by atoms with Crippen LogP contribution in [0.15, 0.2) is 95.2 Å². The number of hydrogen-bond donors (Lipinski definition) is 0. The van der Waals surface area contributed by atoms with Crippen molar-refractivity contribution in [3.63, 3.8) is 0 Å². The number of rotatable bonds is 6. The summed E-state index contributed by atoms with van der Waals surface area (Å²) in [7, 11) is 0. The molecule has 0 atom stereocenters. The topological polar surface area (TPSA) is 102 Å². The molecule has 8 nitrogen and oxygen atoms in total. The first kappa shape index (κ1) is 28.5. The van der Waals surface area contributed by atoms with Crippen LogP contribution in [0.4, 0.5) is 11.4 Å². The third-order valence-electron chi connectivity index (χ3n) is 6.72. The van der Waals surface area contributed by atoms with Crippen molar-refractivity contribution < 1.29 is 0 Å². The zero-order valence-electron chi connectivity index (χ0n) is 24.8. The summed E-state index contributed by atoms with van der Waals surface area (Å²) >= 11 is 0. The minimum Gasteiger partial charge on any atom is -0.255 e. The van der Waals surface area contributed by atoms with Gasteiger partial charge in [0.05, 0.1) is 35.2 Å². The Morgan fingerprint density at radius 3 is 1.19 bits per heavy atom. The molecule has 2 aromatic carbocycles. The number of aliphatic imine (C=N–C) groups is 2. The van der Waals surface area contributed by atoms with E-state index in [0.717, 1.165) is 22.5 Å². The average molecular weight is 555 g/mol. The van der Waals surface area contributed by atoms with E-state index < -0.39 is 0 Å². The van der Waals surface area contributed by atoms with Crippen LogP contribution in [0.25, 0.3) is 22.8 Å². The fraction of sp³-hybridized carbons (Fsp3) is 0.235. The molecule has 0 spiro atoms. The molecule has 210 valence electrons. The van der Waals surface area contributed by atoms with Crippen LogP contribution >= 0.6 is 0 Å². The Morgan fingerprint density at radius 1 is 0.500 bits per heavy atom. The maximum Gasteiger partial charge on any atom is 0.203 e. The maximum atomic E-state index is 4.57. The summed E-state index contributed by atoms with van der Waals surface area (Å²) < 4.78 is 0. The largest absolute Gasteiger partial charge is 0.255 e. The number of nitrogens with zero attached hydrogens (tertiary/aromatic N) is 8. The highest BCUT2D eigenvalue weighted by Gasteiger charge is 2.14. The van der Waals surface area contributed by atoms with E-state index in [1.165, 1.54) is 11.1 Å². The van der Waals surface area contributed by atoms with Gasteiger partial charge >= 0.3 is 0 Å². The van der Waals surface area contributed by atoms with Gasteiger partial charge in [-0.2, -0.15) is 0 Å². The van der Waals surface area contributed by atoms with Crippen LogP contribution in [0, 0.1) is 0 Å². The lowest BCUT2D eigenvalue weighted by atomic mass is 9.87. The highest BCUT2D eigenvalue weighted by atomic mass is 15.3. The van der Waals surface area contributed by atoms with Crippen molar-refractivity contribution in [2.75, 3.05) is 0 Å². The number of benzene rings is 2. The molecule has 0 aliphatic heterocycles. The van der Waals surface area contributed by atoms with Gasteiger partial charge in [0, 0.05) is 23.5 Å². The second kappa shape index (κ2) is 11.9. The van der Waals surface area contributed by atoms with E-state index in [0.29, 0.717) is 23.0 Å². The number of pyridine rings is 2. The van der Waals surface area contributed by atoms with E-state index >= 15 is 0 Å². The molecule has 8 heteroatoms. The lowest BCUT2D eigenvalue weighted by Gasteiger charge is -2.18. The van der Waals surface area contributed by atoms with Crippen LogP contribution in [-0.4, -0.2) is 42.8 Å². The molecular weight excluding hydrogens is 520 g/mol. The minimum absolute atomic E-state index is 0.100. The summed E-state index contributed by atoms with van der Waals surface area (Å²) in [4.78, 5) is 17.9. The molecule has 0 saturated carbocycles. The monoisotopic (exact) mass is 554 g/mol. The molecule has 0 unspecified atom stereocenters. The summed E-state index contributed by atoms with van der Waals surface area (Å²) in [6.07, 6.45) is 6.84. The molecule has 0 aliphatic carbocycles. The van der Waals surface area contributed by atoms with Crippen LogP contribution in [-0.2, 0) is 10.8 Å². The molecule has 0 aliphatic rings. The van der Waals surface area contributed by atoms with Crippen LogP contribution in [0.2, 0.25) is 0 Å². The van der Waals surface area contributed by atoms with E-state index in [1.54, 1.807) is 24.8 Å². The van der Waals surface area contributed by atoms with Gasteiger partial charge in [-0.25, -0.2) is 0 Å². The molecule has 5 aromatic rings. The van der Waals surface area contributed by atoms with Gasteiger partial charge in [-0.05, 0) is 70.5 Å². The molecule has 0 N–H and O–H groups in total. The Labute approximate surface area is 246 Å². The molecule has 0 radical (unpaired) electrons. The lowest BCUT2D eigenvalue weighted by molar-refractivity contribution is 0.590. The van der Waals surface area contributed by atoms with Crippen LogP contribution in [0.3, 0.4) is 0 Å². The number of hydrogen-bond acceptors (Lipinski definition) is 8. The highest BCUT2D eigenvalue weighted by Crippen LogP contribution is 2.26. The Kier molecular flexibility index (Phi) is 8.06. The molecular formula is C34H34N8. The van der Waals surface area contributed by atoms with E-state index in [2.05, 4.69) is 106 Å². The van der Waals surface area contributed by atoms with Gasteiger partial charge in [-0.15, -0.1) is 20.4 Å². The van der Waals surface area contributed by atoms with Gasteiger partial charge in [-0.1, -0.05) is 65.8 Å². The first-order valence-electron chi connectivity index (χ1n) is 13.8. The predicted octanol–water partition coefficient (Wildman–Crippen LogP) is 7.49. The second-order valence-corrected chi connectivity index (χ2v) is 12.1. The molecule has 42 heavy (non-hydrogen) atoms. The van der Waals surface area contributed by atoms with Gasteiger partial charge < -0.3 is 0 Å². The lowest BCUT2D eigenvalue weighted by Crippen LogP contribution is -2.10. The van der Waals surface area contributed by atoms with Gasteiger partial charge in [0.1, 0.15) is 0 Å². The van der Waals surface area contributed by atoms with Crippen molar-refractivity contribution >= 4 is 23.8 Å². The van der Waals surface area contributed by atoms with E-state index in [9.17, 15) is 0 Å². The third-order valence-corrected chi connectivity index (χ3v) is 6.72. The molecule has 3 heterocycles. The summed E-state index contributed by atoms with van der Waals surface area (Å²) in [5.74, 6) is 0.805. The van der Waals surface area contributed by atoms with E-state index in [1.807, 2.05) is 48.5 Å².